The number of amides is 1. The number of carbonyl (C=O) groups excluding carboxylic acids is 1. The molecule has 28 heavy (non-hydrogen) atoms. The lowest BCUT2D eigenvalue weighted by atomic mass is 9.98. The van der Waals surface area contributed by atoms with Gasteiger partial charge in [-0.3, -0.25) is 10.1 Å². The fourth-order valence-electron chi connectivity index (χ4n) is 3.05. The van der Waals surface area contributed by atoms with E-state index >= 15 is 0 Å². The number of halogens is 1. The summed E-state index contributed by atoms with van der Waals surface area (Å²) in [6.07, 6.45) is 3.05. The van der Waals surface area contributed by atoms with Crippen LogP contribution in [0.1, 0.15) is 55.2 Å². The van der Waals surface area contributed by atoms with Crippen LogP contribution in [0, 0.1) is 5.92 Å². The maximum atomic E-state index is 12.5. The Balaban J connectivity index is 0.00000280. The normalized spacial score (nSPS) is 14.6. The number of hydrogen-bond donors (Lipinski definition) is 2. The monoisotopic (exact) mass is 407 g/mol. The Bertz CT molecular complexity index is 754. The lowest BCUT2D eigenvalue weighted by Gasteiger charge is -2.19. The third-order valence-corrected chi connectivity index (χ3v) is 4.79. The Morgan fingerprint density at radius 2 is 1.96 bits per heavy atom. The molecule has 1 aromatic heterocycles. The lowest BCUT2D eigenvalue weighted by Crippen LogP contribution is -2.27. The zero-order valence-corrected chi connectivity index (χ0v) is 17.6. The highest BCUT2D eigenvalue weighted by atomic mass is 35.5. The van der Waals surface area contributed by atoms with E-state index in [1.165, 1.54) is 0 Å². The number of aryl methyl sites for hydroxylation is 1. The Labute approximate surface area is 172 Å². The van der Waals surface area contributed by atoms with Gasteiger partial charge in [0.05, 0.1) is 6.61 Å². The fourth-order valence-corrected chi connectivity index (χ4v) is 3.05. The molecule has 154 valence electrons. The van der Waals surface area contributed by atoms with Gasteiger partial charge in [0, 0.05) is 18.5 Å². The summed E-state index contributed by atoms with van der Waals surface area (Å²) in [6.45, 7) is 6.98. The van der Waals surface area contributed by atoms with E-state index in [0.717, 1.165) is 43.9 Å². The van der Waals surface area contributed by atoms with E-state index < -0.39 is 0 Å². The second-order valence-electron chi connectivity index (χ2n) is 7.45. The van der Waals surface area contributed by atoms with Gasteiger partial charge in [-0.1, -0.05) is 13.8 Å². The summed E-state index contributed by atoms with van der Waals surface area (Å²) in [6, 6.07) is 7.19. The number of carbonyl (C=O) groups is 1. The molecule has 1 fully saturated rings. The number of hydrogen-bond acceptors (Lipinski definition) is 5. The van der Waals surface area contributed by atoms with E-state index in [-0.39, 0.29) is 18.3 Å². The molecule has 3 rings (SSSR count). The molecule has 1 aliphatic heterocycles. The largest absolute Gasteiger partial charge is 0.494 e. The first-order valence-corrected chi connectivity index (χ1v) is 9.69. The summed E-state index contributed by atoms with van der Waals surface area (Å²) in [5.74, 6) is 2.82. The minimum absolute atomic E-state index is 0. The van der Waals surface area contributed by atoms with Crippen molar-refractivity contribution in [2.45, 2.75) is 39.0 Å². The van der Waals surface area contributed by atoms with Crippen LogP contribution in [-0.2, 0) is 7.05 Å². The highest BCUT2D eigenvalue weighted by molar-refractivity contribution is 6.03. The molecule has 0 spiro atoms. The molecule has 2 heterocycles. The molecule has 0 atom stereocenters. The average molecular weight is 408 g/mol. The predicted octanol–water partition coefficient (Wildman–Crippen LogP) is 3.38. The van der Waals surface area contributed by atoms with Gasteiger partial charge >= 0.3 is 0 Å². The Morgan fingerprint density at radius 1 is 1.29 bits per heavy atom. The van der Waals surface area contributed by atoms with Crippen molar-refractivity contribution in [3.05, 3.63) is 35.7 Å². The molecule has 1 aliphatic rings. The molecule has 8 heteroatoms. The van der Waals surface area contributed by atoms with Gasteiger partial charge in [0.2, 0.25) is 5.95 Å². The smallest absolute Gasteiger partial charge is 0.258 e. The van der Waals surface area contributed by atoms with Crippen LogP contribution in [0.3, 0.4) is 0 Å². The Hall–Kier alpha value is -2.12. The topological polar surface area (TPSA) is 81.1 Å². The molecule has 2 aromatic rings. The minimum atomic E-state index is -0.198. The predicted molar refractivity (Wildman–Crippen MR) is 112 cm³/mol. The van der Waals surface area contributed by atoms with Crippen molar-refractivity contribution in [2.75, 3.05) is 25.0 Å². The van der Waals surface area contributed by atoms with Gasteiger partial charge in [0.1, 0.15) is 5.75 Å². The standard InChI is InChI=1S/C20H29N5O2.ClH/c1-14(2)10-13-27-17-6-4-16(5-7-17)19(26)23-20-22-18(24-25(20)3)15-8-11-21-12-9-15;/h4-7,14-15,21H,8-13H2,1-3H3,(H,22,23,24,26);1H. The second kappa shape index (κ2) is 10.4. The zero-order valence-electron chi connectivity index (χ0n) is 16.8. The van der Waals surface area contributed by atoms with Crippen molar-refractivity contribution in [3.8, 4) is 5.75 Å². The number of nitrogens with zero attached hydrogens (tertiary/aromatic N) is 3. The van der Waals surface area contributed by atoms with Gasteiger partial charge < -0.3 is 10.1 Å². The first kappa shape index (κ1) is 22.2. The molecule has 2 N–H and O–H groups in total. The first-order valence-electron chi connectivity index (χ1n) is 9.69. The van der Waals surface area contributed by atoms with Crippen LogP contribution in [-0.4, -0.2) is 40.4 Å². The summed E-state index contributed by atoms with van der Waals surface area (Å²) in [7, 11) is 1.80. The molecule has 0 saturated carbocycles. The molecular weight excluding hydrogens is 378 g/mol. The maximum Gasteiger partial charge on any atom is 0.258 e. The van der Waals surface area contributed by atoms with E-state index in [1.54, 1.807) is 23.9 Å². The minimum Gasteiger partial charge on any atom is -0.494 e. The van der Waals surface area contributed by atoms with Gasteiger partial charge in [-0.2, -0.15) is 10.1 Å². The number of ether oxygens (including phenoxy) is 1. The quantitative estimate of drug-likeness (QED) is 0.735. The second-order valence-corrected chi connectivity index (χ2v) is 7.45. The molecule has 0 bridgehead atoms. The van der Waals surface area contributed by atoms with Crippen molar-refractivity contribution >= 4 is 24.3 Å². The third kappa shape index (κ3) is 5.94. The van der Waals surface area contributed by atoms with Crippen molar-refractivity contribution < 1.29 is 9.53 Å². The summed E-state index contributed by atoms with van der Waals surface area (Å²) < 4.78 is 7.33. The number of piperidine rings is 1. The molecule has 1 aromatic carbocycles. The van der Waals surface area contributed by atoms with E-state index in [9.17, 15) is 4.79 Å². The van der Waals surface area contributed by atoms with Crippen LogP contribution >= 0.6 is 12.4 Å². The molecule has 1 saturated heterocycles. The molecule has 0 unspecified atom stereocenters. The highest BCUT2D eigenvalue weighted by Crippen LogP contribution is 2.23. The highest BCUT2D eigenvalue weighted by Gasteiger charge is 2.21. The van der Waals surface area contributed by atoms with Crippen LogP contribution in [0.25, 0.3) is 0 Å². The SMILES string of the molecule is CC(C)CCOc1ccc(C(=O)Nc2nc(C3CCNCC3)nn2C)cc1.Cl. The van der Waals surface area contributed by atoms with Gasteiger partial charge in [-0.15, -0.1) is 12.4 Å². The van der Waals surface area contributed by atoms with E-state index in [0.29, 0.717) is 30.0 Å². The molecule has 1 amide bonds. The van der Waals surface area contributed by atoms with Crippen LogP contribution in [0.5, 0.6) is 5.75 Å². The number of anilines is 1. The summed E-state index contributed by atoms with van der Waals surface area (Å²) >= 11 is 0. The maximum absolute atomic E-state index is 12.5. The Kier molecular flexibility index (Phi) is 8.26. The lowest BCUT2D eigenvalue weighted by molar-refractivity contribution is 0.102. The van der Waals surface area contributed by atoms with Gasteiger partial charge in [0.25, 0.3) is 5.91 Å². The van der Waals surface area contributed by atoms with Crippen LogP contribution in [0.2, 0.25) is 0 Å². The first-order chi connectivity index (χ1) is 13.0. The number of rotatable bonds is 7. The fraction of sp³-hybridized carbons (Fsp3) is 0.550. The number of nitrogens with one attached hydrogen (secondary N) is 2. The van der Waals surface area contributed by atoms with Crippen LogP contribution in [0.15, 0.2) is 24.3 Å². The van der Waals surface area contributed by atoms with Gasteiger partial charge in [-0.05, 0) is 62.5 Å². The van der Waals surface area contributed by atoms with Crippen LogP contribution in [0.4, 0.5) is 5.95 Å². The van der Waals surface area contributed by atoms with Crippen molar-refractivity contribution in [3.63, 3.8) is 0 Å². The molecule has 0 radical (unpaired) electrons. The Morgan fingerprint density at radius 3 is 2.61 bits per heavy atom. The number of benzene rings is 1. The zero-order chi connectivity index (χ0) is 19.2. The molecule has 7 nitrogen and oxygen atoms in total. The van der Waals surface area contributed by atoms with Gasteiger partial charge in [0.15, 0.2) is 5.82 Å². The van der Waals surface area contributed by atoms with Gasteiger partial charge in [-0.25, -0.2) is 4.68 Å². The van der Waals surface area contributed by atoms with Crippen molar-refractivity contribution in [2.24, 2.45) is 13.0 Å². The van der Waals surface area contributed by atoms with Crippen molar-refractivity contribution in [1.29, 1.82) is 0 Å². The average Bonchev–Trinajstić information content (AvgIpc) is 3.03. The van der Waals surface area contributed by atoms with E-state index in [4.69, 9.17) is 4.74 Å². The van der Waals surface area contributed by atoms with Crippen LogP contribution < -0.4 is 15.4 Å². The molecular formula is C20H30ClN5O2. The summed E-state index contributed by atoms with van der Waals surface area (Å²) in [5, 5.41) is 10.7. The van der Waals surface area contributed by atoms with Crippen molar-refractivity contribution in [1.82, 2.24) is 20.1 Å². The summed E-state index contributed by atoms with van der Waals surface area (Å²) in [4.78, 5) is 17.1. The van der Waals surface area contributed by atoms with E-state index in [2.05, 4.69) is 34.6 Å². The molecule has 0 aliphatic carbocycles. The summed E-state index contributed by atoms with van der Waals surface area (Å²) in [5.41, 5.74) is 0.567. The third-order valence-electron chi connectivity index (χ3n) is 4.79. The van der Waals surface area contributed by atoms with E-state index in [1.807, 2.05) is 12.1 Å². The number of aromatic nitrogens is 3.